The Labute approximate surface area is 113 Å². The van der Waals surface area contributed by atoms with Crippen molar-refractivity contribution in [3.05, 3.63) is 68.5 Å². The Bertz CT molecular complexity index is 539. The van der Waals surface area contributed by atoms with Gasteiger partial charge in [-0.05, 0) is 64.4 Å². The summed E-state index contributed by atoms with van der Waals surface area (Å²) in [6.07, 6.45) is -0.705. The molecule has 0 fully saturated rings. The van der Waals surface area contributed by atoms with E-state index >= 15 is 0 Å². The molecule has 1 N–H and O–H groups in total. The van der Waals surface area contributed by atoms with Crippen LogP contribution < -0.4 is 0 Å². The van der Waals surface area contributed by atoms with Crippen LogP contribution in [0.5, 0.6) is 0 Å². The highest BCUT2D eigenvalue weighted by atomic mass is 127. The molecule has 0 aliphatic rings. The average molecular weight is 342 g/mol. The Kier molecular flexibility index (Phi) is 3.79. The quantitative estimate of drug-likeness (QED) is 0.823. The first-order chi connectivity index (χ1) is 8.09. The molecule has 0 saturated heterocycles. The van der Waals surface area contributed by atoms with E-state index in [2.05, 4.69) is 22.6 Å². The highest BCUT2D eigenvalue weighted by Gasteiger charge is 2.15. The normalized spacial score (nSPS) is 12.5. The maximum Gasteiger partial charge on any atom is 0.123 e. The lowest BCUT2D eigenvalue weighted by molar-refractivity contribution is 0.218. The highest BCUT2D eigenvalue weighted by Crippen LogP contribution is 2.28. The number of hydrogen-bond acceptors (Lipinski definition) is 1. The van der Waals surface area contributed by atoms with Crippen molar-refractivity contribution < 1.29 is 9.50 Å². The molecule has 17 heavy (non-hydrogen) atoms. The molecule has 88 valence electrons. The van der Waals surface area contributed by atoms with Gasteiger partial charge in [-0.1, -0.05) is 24.3 Å². The molecule has 2 aromatic carbocycles. The number of benzene rings is 2. The van der Waals surface area contributed by atoms with E-state index in [1.54, 1.807) is 13.0 Å². The van der Waals surface area contributed by atoms with Crippen molar-refractivity contribution in [2.45, 2.75) is 13.0 Å². The summed E-state index contributed by atoms with van der Waals surface area (Å²) >= 11 is 2.19. The van der Waals surface area contributed by atoms with Gasteiger partial charge in [0.1, 0.15) is 11.9 Å². The molecule has 0 heterocycles. The predicted molar refractivity (Wildman–Crippen MR) is 74.4 cm³/mol. The topological polar surface area (TPSA) is 20.2 Å². The second-order valence-corrected chi connectivity index (χ2v) is 5.09. The minimum atomic E-state index is -0.705. The van der Waals surface area contributed by atoms with E-state index in [1.165, 1.54) is 12.1 Å². The van der Waals surface area contributed by atoms with Gasteiger partial charge in [0.05, 0.1) is 0 Å². The van der Waals surface area contributed by atoms with Crippen LogP contribution in [-0.2, 0) is 0 Å². The fourth-order valence-corrected chi connectivity index (χ4v) is 2.49. The molecule has 0 bridgehead atoms. The van der Waals surface area contributed by atoms with Crippen molar-refractivity contribution in [3.63, 3.8) is 0 Å². The molecular weight excluding hydrogens is 330 g/mol. The monoisotopic (exact) mass is 342 g/mol. The van der Waals surface area contributed by atoms with Crippen molar-refractivity contribution in [2.24, 2.45) is 0 Å². The third-order valence-corrected chi connectivity index (χ3v) is 3.71. The lowest BCUT2D eigenvalue weighted by Crippen LogP contribution is -2.04. The van der Waals surface area contributed by atoms with Crippen LogP contribution in [0.25, 0.3) is 0 Å². The fourth-order valence-electron chi connectivity index (χ4n) is 1.81. The van der Waals surface area contributed by atoms with Crippen LogP contribution in [0.3, 0.4) is 0 Å². The fraction of sp³-hybridized carbons (Fsp3) is 0.143. The van der Waals surface area contributed by atoms with Crippen molar-refractivity contribution >= 4 is 22.6 Å². The van der Waals surface area contributed by atoms with Crippen LogP contribution in [0.15, 0.2) is 42.5 Å². The van der Waals surface area contributed by atoms with Gasteiger partial charge in [0.15, 0.2) is 0 Å². The first-order valence-electron chi connectivity index (χ1n) is 5.28. The van der Waals surface area contributed by atoms with E-state index in [-0.39, 0.29) is 5.82 Å². The van der Waals surface area contributed by atoms with E-state index in [9.17, 15) is 9.50 Å². The Morgan fingerprint density at radius 1 is 1.12 bits per heavy atom. The maximum atomic E-state index is 13.0. The lowest BCUT2D eigenvalue weighted by Gasteiger charge is -2.15. The molecule has 0 saturated carbocycles. The molecule has 0 aliphatic carbocycles. The average Bonchev–Trinajstić information content (AvgIpc) is 2.29. The number of aliphatic hydroxyl groups is 1. The molecular formula is C14H12FIO. The zero-order valence-electron chi connectivity index (χ0n) is 9.32. The van der Waals surface area contributed by atoms with Crippen LogP contribution in [0.2, 0.25) is 0 Å². The molecule has 0 amide bonds. The van der Waals surface area contributed by atoms with Gasteiger partial charge in [0.25, 0.3) is 0 Å². The molecule has 2 aromatic rings. The molecule has 1 nitrogen and oxygen atoms in total. The van der Waals surface area contributed by atoms with Gasteiger partial charge in [-0.3, -0.25) is 0 Å². The highest BCUT2D eigenvalue weighted by molar-refractivity contribution is 14.1. The van der Waals surface area contributed by atoms with Gasteiger partial charge in [-0.15, -0.1) is 0 Å². The molecule has 2 rings (SSSR count). The number of hydrogen-bond donors (Lipinski definition) is 1. The summed E-state index contributed by atoms with van der Waals surface area (Å²) in [5.41, 5.74) is 2.36. The summed E-state index contributed by atoms with van der Waals surface area (Å²) in [4.78, 5) is 0. The first kappa shape index (κ1) is 12.5. The lowest BCUT2D eigenvalue weighted by atomic mass is 9.97. The SMILES string of the molecule is Cc1cc(F)ccc1C(O)c1ccccc1I. The zero-order valence-corrected chi connectivity index (χ0v) is 11.5. The summed E-state index contributed by atoms with van der Waals surface area (Å²) in [6, 6.07) is 12.1. The van der Waals surface area contributed by atoms with E-state index in [1.807, 2.05) is 24.3 Å². The van der Waals surface area contributed by atoms with Gasteiger partial charge in [0, 0.05) is 3.57 Å². The number of rotatable bonds is 2. The number of aryl methyl sites for hydroxylation is 1. The van der Waals surface area contributed by atoms with Crippen molar-refractivity contribution in [1.29, 1.82) is 0 Å². The van der Waals surface area contributed by atoms with Crippen molar-refractivity contribution in [2.75, 3.05) is 0 Å². The van der Waals surface area contributed by atoms with Crippen LogP contribution >= 0.6 is 22.6 Å². The number of halogens is 2. The Balaban J connectivity index is 2.44. The molecule has 0 aliphatic heterocycles. The minimum absolute atomic E-state index is 0.277. The summed E-state index contributed by atoms with van der Waals surface area (Å²) in [7, 11) is 0. The summed E-state index contributed by atoms with van der Waals surface area (Å²) in [6.45, 7) is 1.80. The van der Waals surface area contributed by atoms with Gasteiger partial charge < -0.3 is 5.11 Å². The summed E-state index contributed by atoms with van der Waals surface area (Å²) in [5, 5.41) is 10.3. The van der Waals surface area contributed by atoms with E-state index in [0.717, 1.165) is 20.3 Å². The smallest absolute Gasteiger partial charge is 0.123 e. The Morgan fingerprint density at radius 2 is 1.82 bits per heavy atom. The van der Waals surface area contributed by atoms with Crippen LogP contribution in [0, 0.1) is 16.3 Å². The second kappa shape index (κ2) is 5.14. The van der Waals surface area contributed by atoms with Gasteiger partial charge >= 0.3 is 0 Å². The Morgan fingerprint density at radius 3 is 2.47 bits per heavy atom. The van der Waals surface area contributed by atoms with Crippen molar-refractivity contribution in [1.82, 2.24) is 0 Å². The Hall–Kier alpha value is -0.940. The van der Waals surface area contributed by atoms with Gasteiger partial charge in [-0.2, -0.15) is 0 Å². The van der Waals surface area contributed by atoms with Crippen LogP contribution in [-0.4, -0.2) is 5.11 Å². The third kappa shape index (κ3) is 2.66. The number of aliphatic hydroxyl groups excluding tert-OH is 1. The molecule has 0 radical (unpaired) electrons. The van der Waals surface area contributed by atoms with Gasteiger partial charge in [-0.25, -0.2) is 4.39 Å². The van der Waals surface area contributed by atoms with E-state index < -0.39 is 6.10 Å². The molecule has 0 aromatic heterocycles. The van der Waals surface area contributed by atoms with Crippen LogP contribution in [0.4, 0.5) is 4.39 Å². The van der Waals surface area contributed by atoms with E-state index in [0.29, 0.717) is 0 Å². The molecule has 0 spiro atoms. The third-order valence-electron chi connectivity index (χ3n) is 2.73. The standard InChI is InChI=1S/C14H12FIO/c1-9-8-10(15)6-7-11(9)14(17)12-4-2-3-5-13(12)16/h2-8,14,17H,1H3. The molecule has 1 unspecified atom stereocenters. The van der Waals surface area contributed by atoms with Crippen molar-refractivity contribution in [3.8, 4) is 0 Å². The van der Waals surface area contributed by atoms with Crippen LogP contribution in [0.1, 0.15) is 22.8 Å². The first-order valence-corrected chi connectivity index (χ1v) is 6.36. The molecule has 3 heteroatoms. The zero-order chi connectivity index (χ0) is 12.4. The maximum absolute atomic E-state index is 13.0. The summed E-state index contributed by atoms with van der Waals surface area (Å²) in [5.74, 6) is -0.277. The minimum Gasteiger partial charge on any atom is -0.384 e. The van der Waals surface area contributed by atoms with Gasteiger partial charge in [0.2, 0.25) is 0 Å². The van der Waals surface area contributed by atoms with E-state index in [4.69, 9.17) is 0 Å². The summed E-state index contributed by atoms with van der Waals surface area (Å²) < 4.78 is 14.0. The largest absolute Gasteiger partial charge is 0.384 e. The second-order valence-electron chi connectivity index (χ2n) is 3.92. The predicted octanol–water partition coefficient (Wildman–Crippen LogP) is 3.82. The molecule has 1 atom stereocenters.